The highest BCUT2D eigenvalue weighted by molar-refractivity contribution is 7.99. The maximum atomic E-state index is 9.48. The van der Waals surface area contributed by atoms with Crippen LogP contribution >= 0.6 is 11.8 Å². The van der Waals surface area contributed by atoms with Crippen LogP contribution in [0.15, 0.2) is 23.1 Å². The Bertz CT molecular complexity index is 317. The lowest BCUT2D eigenvalue weighted by atomic mass is 10.2. The third kappa shape index (κ3) is 4.11. The summed E-state index contributed by atoms with van der Waals surface area (Å²) in [5.74, 6) is 0.599. The molecule has 0 aliphatic carbocycles. The van der Waals surface area contributed by atoms with Crippen molar-refractivity contribution in [1.82, 2.24) is 0 Å². The number of ether oxygens (including phenoxy) is 1. The van der Waals surface area contributed by atoms with Crippen molar-refractivity contribution in [1.29, 1.82) is 0 Å². The van der Waals surface area contributed by atoms with Crippen LogP contribution < -0.4 is 5.73 Å². The molecular weight excluding hydrogens is 210 g/mol. The van der Waals surface area contributed by atoms with Crippen molar-refractivity contribution in [2.24, 2.45) is 0 Å². The van der Waals surface area contributed by atoms with Crippen molar-refractivity contribution in [3.05, 3.63) is 23.8 Å². The van der Waals surface area contributed by atoms with Gasteiger partial charge in [0.25, 0.3) is 0 Å². The molecule has 0 amide bonds. The molecule has 0 heterocycles. The van der Waals surface area contributed by atoms with Crippen LogP contribution in [0, 0.1) is 6.92 Å². The van der Waals surface area contributed by atoms with Crippen molar-refractivity contribution >= 4 is 17.4 Å². The molecule has 1 rings (SSSR count). The molecule has 0 bridgehead atoms. The minimum absolute atomic E-state index is 0.360. The molecule has 0 saturated heterocycles. The van der Waals surface area contributed by atoms with Crippen molar-refractivity contribution in [2.45, 2.75) is 17.9 Å². The Balaban J connectivity index is 2.53. The number of rotatable bonds is 5. The number of aryl methyl sites for hydroxylation is 1. The average molecular weight is 227 g/mol. The fourth-order valence-corrected chi connectivity index (χ4v) is 2.17. The number of aliphatic hydroxyl groups is 1. The number of benzene rings is 1. The van der Waals surface area contributed by atoms with Crippen LogP contribution in [-0.2, 0) is 4.74 Å². The Hall–Kier alpha value is -0.710. The monoisotopic (exact) mass is 227 g/mol. The third-order valence-corrected chi connectivity index (χ3v) is 3.18. The standard InChI is InChI=1S/C11H17NO2S/c1-8-3-4-10(12)11(5-8)15-7-9(13)6-14-2/h3-5,9,13H,6-7,12H2,1-2H3. The Kier molecular flexibility index (Phi) is 4.94. The molecular formula is C11H17NO2S. The number of methoxy groups -OCH3 is 1. The maximum Gasteiger partial charge on any atom is 0.0867 e. The summed E-state index contributed by atoms with van der Waals surface area (Å²) >= 11 is 1.55. The van der Waals surface area contributed by atoms with E-state index in [4.69, 9.17) is 10.5 Å². The minimum Gasteiger partial charge on any atom is -0.398 e. The second-order valence-electron chi connectivity index (χ2n) is 3.46. The first-order chi connectivity index (χ1) is 7.13. The molecule has 1 unspecified atom stereocenters. The fourth-order valence-electron chi connectivity index (χ4n) is 1.19. The Morgan fingerprint density at radius 2 is 2.27 bits per heavy atom. The summed E-state index contributed by atoms with van der Waals surface area (Å²) in [6.45, 7) is 2.38. The van der Waals surface area contributed by atoms with Crippen LogP contribution in [0.5, 0.6) is 0 Å². The lowest BCUT2D eigenvalue weighted by Gasteiger charge is -2.10. The zero-order valence-corrected chi connectivity index (χ0v) is 9.88. The van der Waals surface area contributed by atoms with Crippen LogP contribution in [-0.4, -0.2) is 30.7 Å². The van der Waals surface area contributed by atoms with Gasteiger partial charge < -0.3 is 15.6 Å². The van der Waals surface area contributed by atoms with Gasteiger partial charge in [-0.05, 0) is 24.6 Å². The molecule has 3 N–H and O–H groups in total. The highest BCUT2D eigenvalue weighted by Gasteiger charge is 2.06. The third-order valence-electron chi connectivity index (χ3n) is 1.96. The van der Waals surface area contributed by atoms with E-state index >= 15 is 0 Å². The van der Waals surface area contributed by atoms with Crippen molar-refractivity contribution < 1.29 is 9.84 Å². The van der Waals surface area contributed by atoms with Gasteiger partial charge in [0.2, 0.25) is 0 Å². The average Bonchev–Trinajstić information content (AvgIpc) is 2.20. The normalized spacial score (nSPS) is 12.7. The van der Waals surface area contributed by atoms with E-state index in [1.54, 1.807) is 18.9 Å². The zero-order valence-electron chi connectivity index (χ0n) is 9.06. The summed E-state index contributed by atoms with van der Waals surface area (Å²) in [5, 5.41) is 9.48. The maximum absolute atomic E-state index is 9.48. The number of hydrogen-bond acceptors (Lipinski definition) is 4. The van der Waals surface area contributed by atoms with Gasteiger partial charge >= 0.3 is 0 Å². The Labute approximate surface area is 94.6 Å². The van der Waals surface area contributed by atoms with Crippen molar-refractivity contribution in [3.8, 4) is 0 Å². The highest BCUT2D eigenvalue weighted by atomic mass is 32.2. The van der Waals surface area contributed by atoms with Crippen LogP contribution in [0.25, 0.3) is 0 Å². The quantitative estimate of drug-likeness (QED) is 0.593. The van der Waals surface area contributed by atoms with E-state index in [1.165, 1.54) is 5.56 Å². The number of hydrogen-bond donors (Lipinski definition) is 2. The van der Waals surface area contributed by atoms with Gasteiger partial charge in [0.15, 0.2) is 0 Å². The van der Waals surface area contributed by atoms with Gasteiger partial charge in [0, 0.05) is 23.4 Å². The van der Waals surface area contributed by atoms with Crippen LogP contribution in [0.4, 0.5) is 5.69 Å². The van der Waals surface area contributed by atoms with Gasteiger partial charge in [0.05, 0.1) is 12.7 Å². The molecule has 1 atom stereocenters. The second kappa shape index (κ2) is 6.00. The molecule has 0 radical (unpaired) electrons. The summed E-state index contributed by atoms with van der Waals surface area (Å²) in [5.41, 5.74) is 7.75. The van der Waals surface area contributed by atoms with E-state index in [-0.39, 0.29) is 0 Å². The molecule has 0 aromatic heterocycles. The molecule has 0 saturated carbocycles. The number of thioether (sulfide) groups is 1. The second-order valence-corrected chi connectivity index (χ2v) is 4.52. The van der Waals surface area contributed by atoms with E-state index in [2.05, 4.69) is 0 Å². The van der Waals surface area contributed by atoms with Gasteiger partial charge in [-0.2, -0.15) is 0 Å². The summed E-state index contributed by atoms with van der Waals surface area (Å²) in [6.07, 6.45) is -0.445. The SMILES string of the molecule is COCC(O)CSc1cc(C)ccc1N. The van der Waals surface area contributed by atoms with Gasteiger partial charge in [-0.15, -0.1) is 11.8 Å². The molecule has 4 heteroatoms. The largest absolute Gasteiger partial charge is 0.398 e. The fraction of sp³-hybridized carbons (Fsp3) is 0.455. The predicted octanol–water partition coefficient (Wildman–Crippen LogP) is 1.68. The molecule has 0 aliphatic rings. The van der Waals surface area contributed by atoms with Gasteiger partial charge in [-0.25, -0.2) is 0 Å². The summed E-state index contributed by atoms with van der Waals surface area (Å²) in [7, 11) is 1.58. The molecule has 0 fully saturated rings. The van der Waals surface area contributed by atoms with Crippen molar-refractivity contribution in [2.75, 3.05) is 25.2 Å². The lowest BCUT2D eigenvalue weighted by molar-refractivity contribution is 0.0794. The van der Waals surface area contributed by atoms with Gasteiger partial charge in [-0.3, -0.25) is 0 Å². The number of nitrogens with two attached hydrogens (primary N) is 1. The van der Waals surface area contributed by atoms with Crippen LogP contribution in [0.3, 0.4) is 0 Å². The number of anilines is 1. The lowest BCUT2D eigenvalue weighted by Crippen LogP contribution is -2.16. The highest BCUT2D eigenvalue weighted by Crippen LogP contribution is 2.26. The summed E-state index contributed by atoms with van der Waals surface area (Å²) < 4.78 is 4.85. The van der Waals surface area contributed by atoms with Crippen molar-refractivity contribution in [3.63, 3.8) is 0 Å². The topological polar surface area (TPSA) is 55.5 Å². The number of aliphatic hydroxyl groups excluding tert-OH is 1. The van der Waals surface area contributed by atoms with E-state index in [9.17, 15) is 5.11 Å². The number of nitrogen functional groups attached to an aromatic ring is 1. The molecule has 3 nitrogen and oxygen atoms in total. The minimum atomic E-state index is -0.445. The summed E-state index contributed by atoms with van der Waals surface area (Å²) in [4.78, 5) is 1.02. The van der Waals surface area contributed by atoms with Crippen LogP contribution in [0.2, 0.25) is 0 Å². The first-order valence-electron chi connectivity index (χ1n) is 4.79. The van der Waals surface area contributed by atoms with E-state index in [0.29, 0.717) is 12.4 Å². The Morgan fingerprint density at radius 1 is 1.53 bits per heavy atom. The predicted molar refractivity (Wildman–Crippen MR) is 64.2 cm³/mol. The smallest absolute Gasteiger partial charge is 0.0867 e. The first kappa shape index (κ1) is 12.4. The molecule has 84 valence electrons. The van der Waals surface area contributed by atoms with Gasteiger partial charge in [-0.1, -0.05) is 6.07 Å². The first-order valence-corrected chi connectivity index (χ1v) is 5.78. The van der Waals surface area contributed by atoms with E-state index in [0.717, 1.165) is 10.6 Å². The molecule has 0 spiro atoms. The molecule has 15 heavy (non-hydrogen) atoms. The summed E-state index contributed by atoms with van der Waals surface area (Å²) in [6, 6.07) is 5.89. The van der Waals surface area contributed by atoms with Gasteiger partial charge in [0.1, 0.15) is 0 Å². The van der Waals surface area contributed by atoms with E-state index < -0.39 is 6.10 Å². The van der Waals surface area contributed by atoms with E-state index in [1.807, 2.05) is 25.1 Å². The Morgan fingerprint density at radius 3 is 2.93 bits per heavy atom. The molecule has 0 aliphatic heterocycles. The molecule has 1 aromatic rings. The zero-order chi connectivity index (χ0) is 11.3. The molecule has 1 aromatic carbocycles. The van der Waals surface area contributed by atoms with Crippen LogP contribution in [0.1, 0.15) is 5.56 Å².